The van der Waals surface area contributed by atoms with Crippen LogP contribution in [0.4, 0.5) is 0 Å². The fourth-order valence-corrected chi connectivity index (χ4v) is 6.04. The van der Waals surface area contributed by atoms with E-state index in [0.717, 1.165) is 71.3 Å². The van der Waals surface area contributed by atoms with Crippen LogP contribution < -0.4 is 0 Å². The molecular weight excluding hydrogens is 512 g/mol. The lowest BCUT2D eigenvalue weighted by Crippen LogP contribution is -2.30. The molecule has 36 heavy (non-hydrogen) atoms. The number of aromatic nitrogens is 3. The number of nitrogens with zero attached hydrogens (tertiary/aromatic N) is 3. The zero-order valence-electron chi connectivity index (χ0n) is 20.0. The Morgan fingerprint density at radius 1 is 0.972 bits per heavy atom. The highest BCUT2D eigenvalue weighted by atomic mass is 79.9. The molecule has 1 atom stereocenters. The van der Waals surface area contributed by atoms with E-state index < -0.39 is 0 Å². The zero-order valence-corrected chi connectivity index (χ0v) is 21.5. The maximum absolute atomic E-state index is 12.6. The first kappa shape index (κ1) is 21.9. The summed E-state index contributed by atoms with van der Waals surface area (Å²) in [5.41, 5.74) is 6.77. The van der Waals surface area contributed by atoms with Crippen LogP contribution in [0.15, 0.2) is 77.4 Å². The Kier molecular flexibility index (Phi) is 5.24. The van der Waals surface area contributed by atoms with E-state index >= 15 is 0 Å². The first-order valence-corrected chi connectivity index (χ1v) is 13.5. The Balaban J connectivity index is 1.22. The molecular formula is C30H27BrN4O. The second kappa shape index (κ2) is 8.63. The predicted molar refractivity (Wildman–Crippen MR) is 148 cm³/mol. The van der Waals surface area contributed by atoms with Gasteiger partial charge in [-0.25, -0.2) is 4.98 Å². The summed E-state index contributed by atoms with van der Waals surface area (Å²) in [7, 11) is 0. The predicted octanol–water partition coefficient (Wildman–Crippen LogP) is 6.87. The smallest absolute Gasteiger partial charge is 0.225 e. The number of fused-ring (bicyclic) bond motifs is 2. The van der Waals surface area contributed by atoms with Crippen molar-refractivity contribution in [3.05, 3.63) is 77.4 Å². The fourth-order valence-electron chi connectivity index (χ4n) is 5.59. The molecule has 3 aromatic carbocycles. The summed E-state index contributed by atoms with van der Waals surface area (Å²) in [6.45, 7) is 2.59. The van der Waals surface area contributed by atoms with Gasteiger partial charge in [-0.15, -0.1) is 0 Å². The van der Waals surface area contributed by atoms with Crippen LogP contribution in [-0.4, -0.2) is 38.4 Å². The minimum atomic E-state index is 0.292. The molecule has 0 radical (unpaired) electrons. The summed E-state index contributed by atoms with van der Waals surface area (Å²) >= 11 is 3.71. The van der Waals surface area contributed by atoms with Gasteiger partial charge in [0.05, 0.1) is 5.52 Å². The first-order chi connectivity index (χ1) is 17.6. The molecule has 2 aliphatic rings. The molecule has 0 bridgehead atoms. The van der Waals surface area contributed by atoms with Crippen LogP contribution in [-0.2, 0) is 11.3 Å². The monoisotopic (exact) mass is 538 g/mol. The van der Waals surface area contributed by atoms with Crippen LogP contribution in [0.1, 0.15) is 19.3 Å². The summed E-state index contributed by atoms with van der Waals surface area (Å²) in [4.78, 5) is 23.0. The number of carbonyl (C=O) groups excluding carboxylic acids is 1. The molecule has 1 saturated carbocycles. The Hall–Kier alpha value is -3.38. The van der Waals surface area contributed by atoms with Crippen molar-refractivity contribution in [1.29, 1.82) is 0 Å². The van der Waals surface area contributed by atoms with Gasteiger partial charge in [-0.05, 0) is 88.0 Å². The SMILES string of the molecule is O=C(C1CC1)N1CC[C@@H](Cn2c(-c3ccc(-c4ccc5[nH]ccc5c4)cc3)nc3c(Br)cccc32)C1. The molecule has 2 aromatic heterocycles. The molecule has 1 aliphatic carbocycles. The van der Waals surface area contributed by atoms with Gasteiger partial charge in [0.25, 0.3) is 0 Å². The van der Waals surface area contributed by atoms with Crippen LogP contribution in [0.25, 0.3) is 44.5 Å². The summed E-state index contributed by atoms with van der Waals surface area (Å²) < 4.78 is 3.37. The van der Waals surface area contributed by atoms with Crippen molar-refractivity contribution in [3.63, 3.8) is 0 Å². The van der Waals surface area contributed by atoms with E-state index in [1.54, 1.807) is 0 Å². The molecule has 1 aliphatic heterocycles. The van der Waals surface area contributed by atoms with Crippen molar-refractivity contribution in [3.8, 4) is 22.5 Å². The Labute approximate surface area is 218 Å². The van der Waals surface area contributed by atoms with Gasteiger partial charge in [-0.2, -0.15) is 0 Å². The molecule has 3 heterocycles. The number of para-hydroxylation sites is 1. The number of hydrogen-bond donors (Lipinski definition) is 1. The Morgan fingerprint density at radius 3 is 2.61 bits per heavy atom. The molecule has 1 saturated heterocycles. The maximum Gasteiger partial charge on any atom is 0.225 e. The number of amides is 1. The summed E-state index contributed by atoms with van der Waals surface area (Å²) in [5, 5.41) is 1.22. The number of H-pyrrole nitrogens is 1. The average molecular weight is 539 g/mol. The maximum atomic E-state index is 12.6. The first-order valence-electron chi connectivity index (χ1n) is 12.8. The normalized spacial score (nSPS) is 17.9. The van der Waals surface area contributed by atoms with Gasteiger partial charge in [0.15, 0.2) is 0 Å². The van der Waals surface area contributed by atoms with Crippen molar-refractivity contribution in [2.45, 2.75) is 25.8 Å². The number of imidazole rings is 1. The molecule has 2 fully saturated rings. The molecule has 180 valence electrons. The quantitative estimate of drug-likeness (QED) is 0.265. The number of benzene rings is 3. The van der Waals surface area contributed by atoms with E-state index in [9.17, 15) is 4.79 Å². The van der Waals surface area contributed by atoms with Crippen molar-refractivity contribution < 1.29 is 4.79 Å². The van der Waals surface area contributed by atoms with Gasteiger partial charge in [0.2, 0.25) is 5.91 Å². The van der Waals surface area contributed by atoms with E-state index in [0.29, 0.717) is 17.7 Å². The second-order valence-corrected chi connectivity index (χ2v) is 11.1. The van der Waals surface area contributed by atoms with Crippen molar-refractivity contribution in [1.82, 2.24) is 19.4 Å². The third-order valence-corrected chi connectivity index (χ3v) is 8.36. The lowest BCUT2D eigenvalue weighted by atomic mass is 10.0. The van der Waals surface area contributed by atoms with Crippen LogP contribution >= 0.6 is 15.9 Å². The van der Waals surface area contributed by atoms with Gasteiger partial charge in [0, 0.05) is 47.3 Å². The van der Waals surface area contributed by atoms with Gasteiger partial charge in [-0.3, -0.25) is 4.79 Å². The minimum Gasteiger partial charge on any atom is -0.361 e. The molecule has 7 rings (SSSR count). The summed E-state index contributed by atoms with van der Waals surface area (Å²) in [6.07, 6.45) is 5.16. The number of hydrogen-bond acceptors (Lipinski definition) is 2. The highest BCUT2D eigenvalue weighted by Gasteiger charge is 2.36. The largest absolute Gasteiger partial charge is 0.361 e. The molecule has 1 N–H and O–H groups in total. The van der Waals surface area contributed by atoms with Gasteiger partial charge >= 0.3 is 0 Å². The second-order valence-electron chi connectivity index (χ2n) is 10.2. The lowest BCUT2D eigenvalue weighted by molar-refractivity contribution is -0.131. The van der Waals surface area contributed by atoms with Crippen molar-refractivity contribution in [2.75, 3.05) is 13.1 Å². The molecule has 0 spiro atoms. The Morgan fingerprint density at radius 2 is 1.78 bits per heavy atom. The summed E-state index contributed by atoms with van der Waals surface area (Å²) in [6, 6.07) is 23.6. The van der Waals surface area contributed by atoms with Crippen LogP contribution in [0, 0.1) is 11.8 Å². The highest BCUT2D eigenvalue weighted by molar-refractivity contribution is 9.10. The lowest BCUT2D eigenvalue weighted by Gasteiger charge is -2.18. The van der Waals surface area contributed by atoms with Crippen LogP contribution in [0.2, 0.25) is 0 Å². The number of nitrogens with one attached hydrogen (secondary N) is 1. The van der Waals surface area contributed by atoms with Crippen molar-refractivity contribution >= 4 is 43.8 Å². The zero-order chi connectivity index (χ0) is 24.2. The van der Waals surface area contributed by atoms with E-state index in [4.69, 9.17) is 4.98 Å². The molecule has 5 nitrogen and oxygen atoms in total. The van der Waals surface area contributed by atoms with Crippen LogP contribution in [0.5, 0.6) is 0 Å². The molecule has 6 heteroatoms. The van der Waals surface area contributed by atoms with E-state index in [-0.39, 0.29) is 0 Å². The number of aromatic amines is 1. The van der Waals surface area contributed by atoms with Gasteiger partial charge in [-0.1, -0.05) is 36.4 Å². The number of rotatable bonds is 5. The van der Waals surface area contributed by atoms with Crippen LogP contribution in [0.3, 0.4) is 0 Å². The number of halogens is 1. The molecule has 5 aromatic rings. The topological polar surface area (TPSA) is 53.9 Å². The highest BCUT2D eigenvalue weighted by Crippen LogP contribution is 2.35. The Bertz CT molecular complexity index is 1590. The van der Waals surface area contributed by atoms with E-state index in [2.05, 4.69) is 97.1 Å². The van der Waals surface area contributed by atoms with Gasteiger partial charge in [0.1, 0.15) is 11.3 Å². The van der Waals surface area contributed by atoms with Crippen molar-refractivity contribution in [2.24, 2.45) is 11.8 Å². The van der Waals surface area contributed by atoms with E-state index in [1.165, 1.54) is 16.5 Å². The molecule has 0 unspecified atom stereocenters. The average Bonchev–Trinajstić information content (AvgIpc) is 3.30. The molecule has 1 amide bonds. The summed E-state index contributed by atoms with van der Waals surface area (Å²) in [5.74, 6) is 2.08. The third-order valence-electron chi connectivity index (χ3n) is 7.72. The number of carbonyl (C=O) groups is 1. The minimum absolute atomic E-state index is 0.292. The van der Waals surface area contributed by atoms with E-state index in [1.807, 2.05) is 6.20 Å². The van der Waals surface area contributed by atoms with Gasteiger partial charge < -0.3 is 14.5 Å². The number of likely N-dealkylation sites (tertiary alicyclic amines) is 1. The standard InChI is InChI=1S/C30H27BrN4O/c31-25-2-1-3-27-28(25)33-29(35(27)18-19-13-15-34(17-19)30(36)22-8-9-22)21-6-4-20(5-7-21)23-10-11-26-24(16-23)12-14-32-26/h1-7,10-12,14,16,19,22,32H,8-9,13,15,17-18H2/t19-/m1/s1. The third kappa shape index (κ3) is 3.84. The fraction of sp³-hybridized carbons (Fsp3) is 0.267.